The number of hydrogen-bond donors (Lipinski definition) is 5. The Morgan fingerprint density at radius 1 is 0.544 bits per heavy atom. The van der Waals surface area contributed by atoms with E-state index >= 15 is 0 Å². The van der Waals surface area contributed by atoms with E-state index in [1.165, 1.54) is 93.4 Å². The van der Waals surface area contributed by atoms with Crippen molar-refractivity contribution >= 4 is 53.6 Å². The van der Waals surface area contributed by atoms with Crippen LogP contribution in [-0.4, -0.2) is 144 Å². The number of carbonyl (C=O) groups excluding carboxylic acids is 4. The molecule has 0 aliphatic carbocycles. The number of imidazole rings is 1. The molecule has 2 aliphatic heterocycles. The molecule has 0 atom stereocenters. The van der Waals surface area contributed by atoms with Gasteiger partial charge in [-0.3, -0.25) is 23.7 Å². The number of amides is 3. The van der Waals surface area contributed by atoms with E-state index in [1.54, 1.807) is 103 Å². The number of allylic oxidation sites excluding steroid dienone is 1. The van der Waals surface area contributed by atoms with Crippen molar-refractivity contribution in [2.24, 2.45) is 0 Å². The van der Waals surface area contributed by atoms with Crippen LogP contribution in [0.1, 0.15) is 46.3 Å². The minimum Gasteiger partial charge on any atom is -0.507 e. The molecule has 0 bridgehead atoms. The normalized spacial score (nSPS) is 13.1. The molecule has 2 saturated heterocycles. The first-order valence-electron chi connectivity index (χ1n) is 25.1. The van der Waals surface area contributed by atoms with Gasteiger partial charge in [0.05, 0.1) is 41.2 Å². The molecular formula is C60H67N5O14. The van der Waals surface area contributed by atoms with E-state index in [9.17, 15) is 39.6 Å². The summed E-state index contributed by atoms with van der Waals surface area (Å²) in [6.45, 7) is 4.93. The van der Waals surface area contributed by atoms with Crippen LogP contribution in [0, 0.1) is 0 Å². The van der Waals surface area contributed by atoms with Crippen molar-refractivity contribution in [1.29, 1.82) is 0 Å². The lowest BCUT2D eigenvalue weighted by Gasteiger charge is -2.25. The number of piperidine rings is 1. The summed E-state index contributed by atoms with van der Waals surface area (Å²) in [5, 5.41) is 41.9. The first-order chi connectivity index (χ1) is 38.3. The highest BCUT2D eigenvalue weighted by Gasteiger charge is 2.16. The summed E-state index contributed by atoms with van der Waals surface area (Å²) in [5.74, 6) is 2.02. The van der Waals surface area contributed by atoms with Crippen molar-refractivity contribution in [3.05, 3.63) is 168 Å². The third kappa shape index (κ3) is 21.0. The monoisotopic (exact) mass is 1080 g/mol. The number of aromatic nitrogens is 2. The molecule has 2 aliphatic rings. The van der Waals surface area contributed by atoms with E-state index in [1.807, 2.05) is 23.1 Å². The van der Waals surface area contributed by atoms with Gasteiger partial charge in [0.2, 0.25) is 17.7 Å². The maximum Gasteiger partial charge on any atom is 0.255 e. The van der Waals surface area contributed by atoms with Gasteiger partial charge in [-0.25, -0.2) is 4.98 Å². The molecule has 2 fully saturated rings. The number of nitrogens with zero attached hydrogens (tertiary/aromatic N) is 4. The molecule has 19 heteroatoms. The number of morpholine rings is 1. The van der Waals surface area contributed by atoms with E-state index in [4.69, 9.17) is 28.4 Å². The molecule has 8 rings (SSSR count). The Balaban J connectivity index is 0.000000194. The van der Waals surface area contributed by atoms with Crippen LogP contribution in [0.5, 0.6) is 46.0 Å². The number of hydrogen-bond acceptors (Lipinski definition) is 15. The van der Waals surface area contributed by atoms with Gasteiger partial charge in [-0.15, -0.1) is 0 Å². The second-order valence-corrected chi connectivity index (χ2v) is 17.2. The highest BCUT2D eigenvalue weighted by molar-refractivity contribution is 6.02. The summed E-state index contributed by atoms with van der Waals surface area (Å²) in [7, 11) is 6.19. The number of likely N-dealkylation sites (tertiary alicyclic amines) is 1. The predicted octanol–water partition coefficient (Wildman–Crippen LogP) is 8.72. The number of nitrogens with one attached hydrogen (secondary N) is 1. The third-order valence-electron chi connectivity index (χ3n) is 11.7. The second-order valence-electron chi connectivity index (χ2n) is 17.2. The molecule has 1 aromatic heterocycles. The first-order valence-corrected chi connectivity index (χ1v) is 25.1. The Bertz CT molecular complexity index is 3000. The van der Waals surface area contributed by atoms with Crippen LogP contribution < -0.4 is 24.3 Å². The molecule has 0 unspecified atom stereocenters. The molecule has 416 valence electrons. The lowest BCUT2D eigenvalue weighted by atomic mass is 10.1. The van der Waals surface area contributed by atoms with Crippen molar-refractivity contribution < 1.29 is 68.0 Å². The van der Waals surface area contributed by atoms with Gasteiger partial charge in [0.1, 0.15) is 58.9 Å². The average Bonchev–Trinajstić information content (AvgIpc) is 4.03. The SMILES string of the molecule is COCCOc1ccc(/C=C/C(=O)N2CCCCC2)c(O)c1.COc1ccc(/C=C/C(=O)N2CCOCC2)c(O)c1.COc1ccc(/C=C/C(=O)Nc2ccccc2)c(O)c1.COc1ccc(/C=C/C(=O)n2ccnc2)c(O)c1. The number of anilines is 1. The Labute approximate surface area is 459 Å². The maximum atomic E-state index is 12.0. The third-order valence-corrected chi connectivity index (χ3v) is 11.7. The fourth-order valence-corrected chi connectivity index (χ4v) is 7.31. The zero-order valence-electron chi connectivity index (χ0n) is 44.6. The molecule has 6 aromatic rings. The van der Waals surface area contributed by atoms with Gasteiger partial charge in [0.15, 0.2) is 0 Å². The molecule has 0 saturated carbocycles. The van der Waals surface area contributed by atoms with Gasteiger partial charge < -0.3 is 64.0 Å². The molecule has 3 amide bonds. The van der Waals surface area contributed by atoms with Crippen molar-refractivity contribution in [3.63, 3.8) is 0 Å². The number of rotatable bonds is 16. The van der Waals surface area contributed by atoms with Crippen LogP contribution in [-0.2, 0) is 23.9 Å². The van der Waals surface area contributed by atoms with Crippen LogP contribution in [0.3, 0.4) is 0 Å². The van der Waals surface area contributed by atoms with E-state index in [-0.39, 0.29) is 46.6 Å². The highest BCUT2D eigenvalue weighted by atomic mass is 16.5. The van der Waals surface area contributed by atoms with Crippen molar-refractivity contribution in [2.75, 3.05) is 86.4 Å². The van der Waals surface area contributed by atoms with Gasteiger partial charge in [0.25, 0.3) is 5.91 Å². The van der Waals surface area contributed by atoms with Gasteiger partial charge >= 0.3 is 0 Å². The van der Waals surface area contributed by atoms with E-state index < -0.39 is 0 Å². The number of carbonyl (C=O) groups is 4. The second kappa shape index (κ2) is 33.0. The first kappa shape index (κ1) is 60.5. The van der Waals surface area contributed by atoms with Crippen LogP contribution >= 0.6 is 0 Å². The quantitative estimate of drug-likeness (QED) is 0.0450. The maximum absolute atomic E-state index is 12.0. The summed E-state index contributed by atoms with van der Waals surface area (Å²) in [4.78, 5) is 54.6. The summed E-state index contributed by atoms with van der Waals surface area (Å²) in [6.07, 6.45) is 19.9. The Morgan fingerprint density at radius 2 is 0.987 bits per heavy atom. The van der Waals surface area contributed by atoms with E-state index in [0.717, 1.165) is 31.6 Å². The lowest BCUT2D eigenvalue weighted by molar-refractivity contribution is -0.130. The number of methoxy groups -OCH3 is 4. The van der Waals surface area contributed by atoms with Gasteiger partial charge in [0, 0.05) is 122 Å². The standard InChI is InChI=1S/C17H23NO4.C16H15NO3.C14H17NO4.C13H12N2O3/c1-21-11-12-22-15-7-5-14(16(19)13-15)6-8-17(20)18-9-3-2-4-10-18;1-20-14-9-7-12(15(18)11-14)8-10-16(19)17-13-5-3-2-4-6-13;1-18-12-4-2-11(13(16)10-12)3-5-14(17)15-6-8-19-9-7-15;1-18-11-4-2-10(12(16)8-11)3-5-13(17)15-7-6-14-9-15/h5-8,13,19H,2-4,9-12H2,1H3;2-11,18H,1H3,(H,17,19);2-5,10,16H,6-9H2,1H3;2-9,16H,1H3/b8-6+;10-8+;2*5-3+. The Kier molecular flexibility index (Phi) is 25.3. The molecule has 3 heterocycles. The fourth-order valence-electron chi connectivity index (χ4n) is 7.31. The number of phenolic OH excluding ortho intramolecular Hbond substituents is 4. The van der Waals surface area contributed by atoms with Crippen LogP contribution in [0.2, 0.25) is 0 Å². The van der Waals surface area contributed by atoms with Crippen LogP contribution in [0.4, 0.5) is 5.69 Å². The minimum absolute atomic E-state index is 0.000443. The van der Waals surface area contributed by atoms with Gasteiger partial charge in [-0.2, -0.15) is 0 Å². The Morgan fingerprint density at radius 3 is 1.43 bits per heavy atom. The number of benzene rings is 5. The van der Waals surface area contributed by atoms with E-state index in [0.29, 0.717) is 84.8 Å². The zero-order chi connectivity index (χ0) is 56.8. The van der Waals surface area contributed by atoms with Crippen molar-refractivity contribution in [1.82, 2.24) is 19.4 Å². The predicted molar refractivity (Wildman–Crippen MR) is 301 cm³/mol. The molecule has 79 heavy (non-hydrogen) atoms. The average molecular weight is 1080 g/mol. The summed E-state index contributed by atoms with van der Waals surface area (Å²) < 4.78 is 31.8. The molecule has 0 spiro atoms. The summed E-state index contributed by atoms with van der Waals surface area (Å²) in [5.41, 5.74) is 3.01. The van der Waals surface area contributed by atoms with Crippen molar-refractivity contribution in [3.8, 4) is 46.0 Å². The topological polar surface area (TPSA) is 241 Å². The van der Waals surface area contributed by atoms with Crippen LogP contribution in [0.15, 0.2) is 146 Å². The Hall–Kier alpha value is -9.33. The zero-order valence-corrected chi connectivity index (χ0v) is 44.6. The van der Waals surface area contributed by atoms with Gasteiger partial charge in [-0.05, 0) is 104 Å². The number of phenols is 4. The smallest absolute Gasteiger partial charge is 0.255 e. The molecule has 19 nitrogen and oxygen atoms in total. The van der Waals surface area contributed by atoms with Crippen molar-refractivity contribution in [2.45, 2.75) is 19.3 Å². The molecule has 5 aromatic carbocycles. The minimum atomic E-state index is -0.258. The number of aromatic hydroxyl groups is 4. The molecule has 0 radical (unpaired) electrons. The van der Waals surface area contributed by atoms with Gasteiger partial charge in [-0.1, -0.05) is 18.2 Å². The van der Waals surface area contributed by atoms with E-state index in [2.05, 4.69) is 10.3 Å². The largest absolute Gasteiger partial charge is 0.507 e. The fraction of sp³-hybridized carbons (Fsp3) is 0.250. The summed E-state index contributed by atoms with van der Waals surface area (Å²) in [6, 6.07) is 28.9. The molecule has 5 N–H and O–H groups in total. The number of ether oxygens (including phenoxy) is 6. The number of para-hydroxylation sites is 1. The van der Waals surface area contributed by atoms with Crippen LogP contribution in [0.25, 0.3) is 24.3 Å². The molecular weight excluding hydrogens is 1010 g/mol. The summed E-state index contributed by atoms with van der Waals surface area (Å²) >= 11 is 0. The highest BCUT2D eigenvalue weighted by Crippen LogP contribution is 2.28. The lowest BCUT2D eigenvalue weighted by Crippen LogP contribution is -2.39.